The zero-order valence-corrected chi connectivity index (χ0v) is 14.8. The Kier molecular flexibility index (Phi) is 5.94. The smallest absolute Gasteiger partial charge is 0.255 e. The fraction of sp³-hybridized carbons (Fsp3) is 0. The summed E-state index contributed by atoms with van der Waals surface area (Å²) in [6, 6.07) is 18.8. The lowest BCUT2D eigenvalue weighted by atomic mass is 10.1. The molecule has 0 saturated heterocycles. The van der Waals surface area contributed by atoms with Gasteiger partial charge in [0.1, 0.15) is 5.69 Å². The Balaban J connectivity index is 1.70. The molecule has 3 aromatic rings. The molecular weight excluding hydrogens is 362 g/mol. The maximum atomic E-state index is 12.4. The molecule has 1 aromatic heterocycles. The Morgan fingerprint density at radius 2 is 1.74 bits per heavy atom. The summed E-state index contributed by atoms with van der Waals surface area (Å²) in [4.78, 5) is 16.6. The molecule has 27 heavy (non-hydrogen) atoms. The molecule has 1 heterocycles. The van der Waals surface area contributed by atoms with E-state index in [-0.39, 0.29) is 5.91 Å². The lowest BCUT2D eigenvalue weighted by Gasteiger charge is -2.10. The number of amides is 1. The average molecular weight is 376 g/mol. The number of hydrogen-bond acceptors (Lipinski definition) is 4. The second-order valence-corrected chi connectivity index (χ2v) is 6.09. The second-order valence-electron chi connectivity index (χ2n) is 5.41. The first-order valence-corrected chi connectivity index (χ1v) is 8.98. The van der Waals surface area contributed by atoms with Crippen molar-refractivity contribution in [1.82, 2.24) is 4.98 Å². The van der Waals surface area contributed by atoms with Crippen LogP contribution in [0.3, 0.4) is 0 Å². The minimum absolute atomic E-state index is 0.287. The van der Waals surface area contributed by atoms with Crippen LogP contribution in [0.4, 0.5) is 11.4 Å². The summed E-state index contributed by atoms with van der Waals surface area (Å²) in [6.45, 7) is 0. The van der Waals surface area contributed by atoms with Crippen LogP contribution in [0.25, 0.3) is 0 Å². The number of rotatable bonds is 4. The minimum Gasteiger partial charge on any atom is -0.755 e. The Hall–Kier alpha value is -3.47. The third-order valence-electron chi connectivity index (χ3n) is 3.47. The van der Waals surface area contributed by atoms with E-state index in [4.69, 9.17) is 0 Å². The standard InChI is InChI=1S/C20H15N3O3S/c24-20(22-18-9-11-19(12-10-18)23-27(25)26)16-5-3-4-15(14-16)7-8-17-6-1-2-13-21-17/h1-6,9-14,23H,(H,22,24)(H,25,26)/p-1. The monoisotopic (exact) mass is 376 g/mol. The summed E-state index contributed by atoms with van der Waals surface area (Å²) >= 11 is -2.39. The van der Waals surface area contributed by atoms with E-state index in [1.807, 2.05) is 24.3 Å². The summed E-state index contributed by atoms with van der Waals surface area (Å²) in [6.07, 6.45) is 1.67. The minimum atomic E-state index is -2.39. The van der Waals surface area contributed by atoms with Gasteiger partial charge in [0, 0.05) is 40.0 Å². The number of aromatic nitrogens is 1. The quantitative estimate of drug-likeness (QED) is 0.541. The number of nitrogens with one attached hydrogen (secondary N) is 2. The van der Waals surface area contributed by atoms with Crippen molar-refractivity contribution in [2.75, 3.05) is 10.0 Å². The lowest BCUT2D eigenvalue weighted by Crippen LogP contribution is -2.12. The van der Waals surface area contributed by atoms with Crippen molar-refractivity contribution >= 4 is 28.5 Å². The van der Waals surface area contributed by atoms with E-state index in [2.05, 4.69) is 26.9 Å². The van der Waals surface area contributed by atoms with Crippen LogP contribution in [0.15, 0.2) is 72.9 Å². The number of nitrogens with zero attached hydrogens (tertiary/aromatic N) is 1. The molecule has 0 aliphatic carbocycles. The summed E-state index contributed by atoms with van der Waals surface area (Å²) in [7, 11) is 0. The number of pyridine rings is 1. The van der Waals surface area contributed by atoms with Crippen molar-refractivity contribution in [2.45, 2.75) is 0 Å². The highest BCUT2D eigenvalue weighted by molar-refractivity contribution is 7.80. The molecule has 1 atom stereocenters. The van der Waals surface area contributed by atoms with E-state index in [9.17, 15) is 13.6 Å². The van der Waals surface area contributed by atoms with Crippen LogP contribution in [0.2, 0.25) is 0 Å². The first-order chi connectivity index (χ1) is 13.1. The van der Waals surface area contributed by atoms with Crippen LogP contribution < -0.4 is 10.0 Å². The first-order valence-electron chi connectivity index (χ1n) is 7.90. The highest BCUT2D eigenvalue weighted by atomic mass is 32.2. The Bertz CT molecular complexity index is 1030. The van der Waals surface area contributed by atoms with E-state index in [0.717, 1.165) is 0 Å². The van der Waals surface area contributed by atoms with E-state index in [1.165, 1.54) is 0 Å². The summed E-state index contributed by atoms with van der Waals surface area (Å²) in [5.41, 5.74) is 2.77. The molecular formula is C20H14N3O3S-. The fourth-order valence-electron chi connectivity index (χ4n) is 2.23. The molecule has 2 aromatic carbocycles. The van der Waals surface area contributed by atoms with Gasteiger partial charge in [0.15, 0.2) is 0 Å². The van der Waals surface area contributed by atoms with Gasteiger partial charge >= 0.3 is 0 Å². The van der Waals surface area contributed by atoms with E-state index in [0.29, 0.717) is 28.2 Å². The van der Waals surface area contributed by atoms with Crippen molar-refractivity contribution in [2.24, 2.45) is 0 Å². The zero-order chi connectivity index (χ0) is 19.1. The van der Waals surface area contributed by atoms with Gasteiger partial charge in [-0.15, -0.1) is 0 Å². The highest BCUT2D eigenvalue weighted by Crippen LogP contribution is 2.15. The van der Waals surface area contributed by atoms with Crippen LogP contribution in [0.5, 0.6) is 0 Å². The third-order valence-corrected chi connectivity index (χ3v) is 3.87. The molecule has 0 saturated carbocycles. The van der Waals surface area contributed by atoms with Crippen molar-refractivity contribution in [1.29, 1.82) is 0 Å². The van der Waals surface area contributed by atoms with E-state index in [1.54, 1.807) is 48.7 Å². The molecule has 134 valence electrons. The second kappa shape index (κ2) is 8.76. The van der Waals surface area contributed by atoms with Gasteiger partial charge in [-0.1, -0.05) is 18.1 Å². The third kappa shape index (κ3) is 5.51. The number of hydrogen-bond donors (Lipinski definition) is 2. The molecule has 7 heteroatoms. The molecule has 0 aliphatic rings. The van der Waals surface area contributed by atoms with Gasteiger partial charge in [0.25, 0.3) is 5.91 Å². The Labute approximate surface area is 159 Å². The normalized spacial score (nSPS) is 11.0. The van der Waals surface area contributed by atoms with Crippen molar-refractivity contribution in [3.63, 3.8) is 0 Å². The number of benzene rings is 2. The van der Waals surface area contributed by atoms with Gasteiger partial charge < -0.3 is 14.6 Å². The van der Waals surface area contributed by atoms with Crippen molar-refractivity contribution < 1.29 is 13.6 Å². The molecule has 6 nitrogen and oxygen atoms in total. The fourth-order valence-corrected chi connectivity index (χ4v) is 2.56. The Morgan fingerprint density at radius 1 is 0.963 bits per heavy atom. The maximum Gasteiger partial charge on any atom is 0.255 e. The van der Waals surface area contributed by atoms with Crippen LogP contribution >= 0.6 is 0 Å². The molecule has 1 unspecified atom stereocenters. The van der Waals surface area contributed by atoms with Gasteiger partial charge in [-0.05, 0) is 60.5 Å². The topological polar surface area (TPSA) is 94.2 Å². The largest absolute Gasteiger partial charge is 0.755 e. The summed E-state index contributed by atoms with van der Waals surface area (Å²) < 4.78 is 23.4. The summed E-state index contributed by atoms with van der Waals surface area (Å²) in [5, 5.41) is 2.76. The van der Waals surface area contributed by atoms with Gasteiger partial charge in [-0.25, -0.2) is 4.98 Å². The Morgan fingerprint density at radius 3 is 2.44 bits per heavy atom. The zero-order valence-electron chi connectivity index (χ0n) is 14.0. The van der Waals surface area contributed by atoms with Gasteiger partial charge in [0.05, 0.1) is 0 Å². The molecule has 0 radical (unpaired) electrons. The van der Waals surface area contributed by atoms with E-state index < -0.39 is 11.3 Å². The average Bonchev–Trinajstić information content (AvgIpc) is 2.68. The molecule has 0 fully saturated rings. The van der Waals surface area contributed by atoms with Crippen LogP contribution in [-0.2, 0) is 11.3 Å². The maximum absolute atomic E-state index is 12.4. The van der Waals surface area contributed by atoms with Crippen LogP contribution in [-0.4, -0.2) is 19.7 Å². The van der Waals surface area contributed by atoms with Crippen LogP contribution in [0, 0.1) is 11.8 Å². The van der Waals surface area contributed by atoms with Gasteiger partial charge in [0.2, 0.25) is 0 Å². The molecule has 3 rings (SSSR count). The predicted molar refractivity (Wildman–Crippen MR) is 104 cm³/mol. The van der Waals surface area contributed by atoms with Crippen molar-refractivity contribution in [3.05, 3.63) is 89.7 Å². The molecule has 2 N–H and O–H groups in total. The lowest BCUT2D eigenvalue weighted by molar-refractivity contribution is 0.102. The number of carbonyl (C=O) groups excluding carboxylic acids is 1. The number of anilines is 2. The van der Waals surface area contributed by atoms with E-state index >= 15 is 0 Å². The molecule has 0 aliphatic heterocycles. The van der Waals surface area contributed by atoms with Crippen LogP contribution in [0.1, 0.15) is 21.6 Å². The molecule has 1 amide bonds. The number of carbonyl (C=O) groups is 1. The van der Waals surface area contributed by atoms with Gasteiger partial charge in [-0.2, -0.15) is 0 Å². The van der Waals surface area contributed by atoms with Crippen molar-refractivity contribution in [3.8, 4) is 11.8 Å². The summed E-state index contributed by atoms with van der Waals surface area (Å²) in [5.74, 6) is 5.65. The predicted octanol–water partition coefficient (Wildman–Crippen LogP) is 2.94. The highest BCUT2D eigenvalue weighted by Gasteiger charge is 2.06. The molecule has 0 bridgehead atoms. The molecule has 0 spiro atoms. The SMILES string of the molecule is O=C(Nc1ccc(NS(=O)[O-])cc1)c1cccc(C#Cc2ccccn2)c1. The first kappa shape index (κ1) is 18.3. The van der Waals surface area contributed by atoms with Gasteiger partial charge in [-0.3, -0.25) is 9.00 Å².